The van der Waals surface area contributed by atoms with Crippen LogP contribution in [0.5, 0.6) is 5.75 Å². The lowest BCUT2D eigenvalue weighted by Gasteiger charge is -2.47. The topological polar surface area (TPSA) is 109 Å². The molecule has 2 saturated heterocycles. The van der Waals surface area contributed by atoms with Crippen LogP contribution < -0.4 is 4.74 Å². The number of carbonyl (C=O) groups excluding carboxylic acids is 1. The summed E-state index contributed by atoms with van der Waals surface area (Å²) in [5.74, 6) is 1.46. The van der Waals surface area contributed by atoms with E-state index in [0.29, 0.717) is 24.5 Å². The van der Waals surface area contributed by atoms with E-state index in [2.05, 4.69) is 72.8 Å². The van der Waals surface area contributed by atoms with Crippen LogP contribution in [-0.2, 0) is 34.2 Å². The molecular weight excluding hydrogens is 661 g/mol. The number of hydrogen-bond acceptors (Lipinski definition) is 9. The Bertz CT molecular complexity index is 1280. The normalized spacial score (nSPS) is 26.9. The zero-order valence-corrected chi connectivity index (χ0v) is 34.0. The summed E-state index contributed by atoms with van der Waals surface area (Å²) < 4.78 is 44.0. The number of ether oxygens (including phenoxy) is 3. The van der Waals surface area contributed by atoms with Gasteiger partial charge in [-0.1, -0.05) is 19.1 Å². The molecule has 0 aliphatic carbocycles. The number of benzene rings is 1. The first kappa shape index (κ1) is 39.2. The van der Waals surface area contributed by atoms with Gasteiger partial charge in [0.25, 0.3) is 0 Å². The van der Waals surface area contributed by atoms with Crippen molar-refractivity contribution in [3.63, 3.8) is 0 Å². The van der Waals surface area contributed by atoms with Crippen molar-refractivity contribution < 1.29 is 41.8 Å². The molecule has 1 unspecified atom stereocenters. The molecule has 0 amide bonds. The van der Waals surface area contributed by atoms with Gasteiger partial charge in [0.2, 0.25) is 0 Å². The fourth-order valence-electron chi connectivity index (χ4n) is 6.43. The second-order valence-electron chi connectivity index (χ2n) is 16.6. The summed E-state index contributed by atoms with van der Waals surface area (Å²) in [6, 6.07) is 10.9. The summed E-state index contributed by atoms with van der Waals surface area (Å²) in [4.78, 5) is 13.5. The maximum atomic E-state index is 13.5. The van der Waals surface area contributed by atoms with Crippen molar-refractivity contribution in [2.45, 2.75) is 141 Å². The van der Waals surface area contributed by atoms with Gasteiger partial charge in [0.1, 0.15) is 23.9 Å². The molecule has 9 atom stereocenters. The third-order valence-corrected chi connectivity index (χ3v) is 11.7. The largest absolute Gasteiger partial charge is 0.486 e. The van der Waals surface area contributed by atoms with Crippen LogP contribution in [0, 0.1) is 11.8 Å². The highest BCUT2D eigenvalue weighted by Crippen LogP contribution is 2.41. The van der Waals surface area contributed by atoms with Gasteiger partial charge in [-0.2, -0.15) is 0 Å². The van der Waals surface area contributed by atoms with E-state index in [9.17, 15) is 9.90 Å². The summed E-state index contributed by atoms with van der Waals surface area (Å²) in [6.45, 7) is 24.8. The summed E-state index contributed by atoms with van der Waals surface area (Å²) in [6.07, 6.45) is 1.22. The van der Waals surface area contributed by atoms with Crippen molar-refractivity contribution in [3.05, 3.63) is 54.0 Å². The molecule has 0 spiro atoms. The first-order valence-electron chi connectivity index (χ1n) is 17.5. The SMILES string of the molecule is C[C@@H]([C@@H]1O[C@H]1C[C@@H]1OC[C@H](CC(=O)CC(O)c2ccc(OCc3ccco3)cc2)[C@@H](O[Si](C)(C)C)[C@@H]1O[Si](C)(C)C)[C@H](C)O[Si](C)(C)C. The number of aliphatic hydroxyl groups excluding tert-OH is 1. The van der Waals surface area contributed by atoms with E-state index in [1.807, 2.05) is 12.1 Å². The summed E-state index contributed by atoms with van der Waals surface area (Å²) in [7, 11) is -5.72. The molecule has 2 aromatic rings. The highest BCUT2D eigenvalue weighted by molar-refractivity contribution is 6.70. The van der Waals surface area contributed by atoms with Gasteiger partial charge in [0.15, 0.2) is 25.0 Å². The minimum atomic E-state index is -2.03. The minimum Gasteiger partial charge on any atom is -0.486 e. The van der Waals surface area contributed by atoms with E-state index < -0.39 is 31.1 Å². The molecule has 2 aliphatic heterocycles. The lowest BCUT2D eigenvalue weighted by molar-refractivity contribution is -0.159. The summed E-state index contributed by atoms with van der Waals surface area (Å²) >= 11 is 0. The molecule has 4 rings (SSSR count). The monoisotopic (exact) mass is 720 g/mol. The number of hydrogen-bond donors (Lipinski definition) is 1. The molecular formula is C36H60O9Si3. The number of furan rings is 1. The maximum Gasteiger partial charge on any atom is 0.184 e. The highest BCUT2D eigenvalue weighted by Gasteiger charge is 2.52. The van der Waals surface area contributed by atoms with E-state index in [-0.39, 0.29) is 67.1 Å². The van der Waals surface area contributed by atoms with Gasteiger partial charge >= 0.3 is 0 Å². The Morgan fingerprint density at radius 3 is 2.12 bits per heavy atom. The van der Waals surface area contributed by atoms with Crippen molar-refractivity contribution in [1.82, 2.24) is 0 Å². The molecule has 2 fully saturated rings. The zero-order chi connectivity index (χ0) is 35.4. The zero-order valence-electron chi connectivity index (χ0n) is 31.0. The van der Waals surface area contributed by atoms with Crippen LogP contribution in [0.2, 0.25) is 58.9 Å². The summed E-state index contributed by atoms with van der Waals surface area (Å²) in [5, 5.41) is 11.0. The fraction of sp³-hybridized carbons (Fsp3) is 0.694. The Morgan fingerprint density at radius 1 is 0.896 bits per heavy atom. The van der Waals surface area contributed by atoms with Gasteiger partial charge in [-0.15, -0.1) is 0 Å². The molecule has 2 aliphatic rings. The molecule has 3 heterocycles. The Labute approximate surface area is 291 Å². The number of aliphatic hydroxyl groups is 1. The van der Waals surface area contributed by atoms with E-state index in [1.165, 1.54) is 0 Å². The number of epoxide rings is 1. The molecule has 1 aromatic heterocycles. The molecule has 48 heavy (non-hydrogen) atoms. The summed E-state index contributed by atoms with van der Waals surface area (Å²) in [5.41, 5.74) is 0.668. The Balaban J connectivity index is 1.40. The van der Waals surface area contributed by atoms with Crippen molar-refractivity contribution >= 4 is 30.7 Å². The Kier molecular flexibility index (Phi) is 13.2. The fourth-order valence-corrected chi connectivity index (χ4v) is 10.0. The average molecular weight is 721 g/mol. The van der Waals surface area contributed by atoms with Crippen LogP contribution in [-0.4, -0.2) is 79.1 Å². The molecule has 1 N–H and O–H groups in total. The van der Waals surface area contributed by atoms with Gasteiger partial charge in [-0.25, -0.2) is 0 Å². The van der Waals surface area contributed by atoms with Crippen molar-refractivity contribution in [1.29, 1.82) is 0 Å². The molecule has 0 radical (unpaired) electrons. The molecule has 0 saturated carbocycles. The second-order valence-corrected chi connectivity index (χ2v) is 30.0. The Hall–Kier alpha value is -1.62. The minimum absolute atomic E-state index is 0.0128. The molecule has 1 aromatic carbocycles. The van der Waals surface area contributed by atoms with Gasteiger partial charge in [-0.05, 0) is 95.7 Å². The van der Waals surface area contributed by atoms with Crippen LogP contribution in [0.3, 0.4) is 0 Å². The number of Topliss-reactive ketones (excluding diaryl/α,β-unsaturated/α-hetero) is 1. The first-order chi connectivity index (χ1) is 22.3. The van der Waals surface area contributed by atoms with Crippen LogP contribution in [0.1, 0.15) is 50.5 Å². The predicted molar refractivity (Wildman–Crippen MR) is 195 cm³/mol. The number of rotatable bonds is 18. The van der Waals surface area contributed by atoms with Crippen molar-refractivity contribution in [2.75, 3.05) is 6.61 Å². The van der Waals surface area contributed by atoms with Gasteiger partial charge in [0, 0.05) is 37.2 Å². The second kappa shape index (κ2) is 16.2. The van der Waals surface area contributed by atoms with E-state index >= 15 is 0 Å². The van der Waals surface area contributed by atoms with Gasteiger partial charge < -0.3 is 37.0 Å². The molecule has 12 heteroatoms. The maximum absolute atomic E-state index is 13.5. The lowest BCUT2D eigenvalue weighted by Crippen LogP contribution is -2.58. The van der Waals surface area contributed by atoms with Crippen LogP contribution in [0.25, 0.3) is 0 Å². The average Bonchev–Trinajstić information content (AvgIpc) is 3.52. The van der Waals surface area contributed by atoms with Crippen molar-refractivity contribution in [3.8, 4) is 5.75 Å². The lowest BCUT2D eigenvalue weighted by atomic mass is 9.85. The molecule has 9 nitrogen and oxygen atoms in total. The number of ketones is 1. The van der Waals surface area contributed by atoms with E-state index in [1.54, 1.807) is 30.5 Å². The third kappa shape index (κ3) is 12.3. The smallest absolute Gasteiger partial charge is 0.184 e. The quantitative estimate of drug-likeness (QED) is 0.122. The highest BCUT2D eigenvalue weighted by atomic mass is 28.4. The first-order valence-corrected chi connectivity index (χ1v) is 27.8. The molecule has 0 bridgehead atoms. The Morgan fingerprint density at radius 2 is 1.54 bits per heavy atom. The van der Waals surface area contributed by atoms with Crippen LogP contribution in [0.15, 0.2) is 47.1 Å². The predicted octanol–water partition coefficient (Wildman–Crippen LogP) is 7.73. The third-order valence-electron chi connectivity index (χ3n) is 8.68. The molecule has 270 valence electrons. The van der Waals surface area contributed by atoms with Crippen LogP contribution in [0.4, 0.5) is 0 Å². The van der Waals surface area contributed by atoms with E-state index in [0.717, 1.165) is 12.2 Å². The standard InChI is InChI=1S/C36H60O9Si3/c1-24(25(2)43-46(3,4)5)34-33(42-34)21-32-36(45-48(9,10)11)35(44-47(6,7)8)27(22-41-32)19-28(37)20-31(38)26-14-16-29(17-15-26)40-23-30-13-12-18-39-30/h12-18,24-25,27,31-36,38H,19-23H2,1-11H3/t24-,25+,27+,31?,32+,33+,34+,35-,36-/m1/s1. The van der Waals surface area contributed by atoms with Gasteiger partial charge in [0.05, 0.1) is 49.5 Å². The number of carbonyl (C=O) groups is 1. The van der Waals surface area contributed by atoms with E-state index in [4.69, 9.17) is 31.9 Å². The van der Waals surface area contributed by atoms with Crippen molar-refractivity contribution in [2.24, 2.45) is 11.8 Å². The van der Waals surface area contributed by atoms with Crippen LogP contribution >= 0.6 is 0 Å². The van der Waals surface area contributed by atoms with Gasteiger partial charge in [-0.3, -0.25) is 4.79 Å².